The van der Waals surface area contributed by atoms with E-state index < -0.39 is 0 Å². The predicted molar refractivity (Wildman–Crippen MR) is 128 cm³/mol. The Morgan fingerprint density at radius 2 is 1.84 bits per heavy atom. The molecule has 1 aliphatic rings. The van der Waals surface area contributed by atoms with Gasteiger partial charge in [-0.25, -0.2) is 0 Å². The van der Waals surface area contributed by atoms with E-state index in [4.69, 9.17) is 14.2 Å². The van der Waals surface area contributed by atoms with Crippen LogP contribution < -0.4 is 10.1 Å². The van der Waals surface area contributed by atoms with Crippen LogP contribution in [-0.4, -0.2) is 70.6 Å². The van der Waals surface area contributed by atoms with Crippen molar-refractivity contribution >= 4 is 5.96 Å². The first kappa shape index (κ1) is 25.5. The smallest absolute Gasteiger partial charge is 0.193 e. The van der Waals surface area contributed by atoms with Crippen molar-refractivity contribution in [1.82, 2.24) is 10.2 Å². The summed E-state index contributed by atoms with van der Waals surface area (Å²) < 4.78 is 16.9. The quantitative estimate of drug-likeness (QED) is 0.324. The van der Waals surface area contributed by atoms with Crippen LogP contribution in [0.2, 0.25) is 0 Å². The highest BCUT2D eigenvalue weighted by Crippen LogP contribution is 2.25. The zero-order valence-corrected chi connectivity index (χ0v) is 20.4. The van der Waals surface area contributed by atoms with Crippen LogP contribution >= 0.6 is 0 Å². The van der Waals surface area contributed by atoms with E-state index in [2.05, 4.69) is 67.2 Å². The number of benzene rings is 1. The molecule has 0 atom stereocenters. The molecule has 1 fully saturated rings. The summed E-state index contributed by atoms with van der Waals surface area (Å²) in [5.74, 6) is 2.44. The summed E-state index contributed by atoms with van der Waals surface area (Å²) in [5.41, 5.74) is 1.27. The third-order valence-electron chi connectivity index (χ3n) is 5.71. The maximum atomic E-state index is 5.98. The number of aliphatic imine (C=N–C) groups is 1. The van der Waals surface area contributed by atoms with Crippen LogP contribution in [0.3, 0.4) is 0 Å². The Bertz CT molecular complexity index is 650. The number of likely N-dealkylation sites (tertiary alicyclic amines) is 1. The van der Waals surface area contributed by atoms with Gasteiger partial charge in [0.15, 0.2) is 5.96 Å². The molecule has 1 aromatic rings. The van der Waals surface area contributed by atoms with Gasteiger partial charge in [0.2, 0.25) is 0 Å². The van der Waals surface area contributed by atoms with Crippen molar-refractivity contribution in [2.45, 2.75) is 58.5 Å². The molecule has 0 spiro atoms. The molecule has 0 aromatic heterocycles. The van der Waals surface area contributed by atoms with Gasteiger partial charge in [-0.1, -0.05) is 39.8 Å². The summed E-state index contributed by atoms with van der Waals surface area (Å²) in [6.07, 6.45) is 3.38. The Balaban J connectivity index is 1.80. The minimum atomic E-state index is -0.0186. The van der Waals surface area contributed by atoms with Crippen molar-refractivity contribution in [1.29, 1.82) is 0 Å². The minimum absolute atomic E-state index is 0.0186. The Morgan fingerprint density at radius 3 is 2.42 bits per heavy atom. The van der Waals surface area contributed by atoms with Crippen LogP contribution in [0.5, 0.6) is 5.75 Å². The lowest BCUT2D eigenvalue weighted by molar-refractivity contribution is 0.00987. The molecule has 31 heavy (non-hydrogen) atoms. The molecule has 0 radical (unpaired) electrons. The van der Waals surface area contributed by atoms with E-state index in [1.807, 2.05) is 7.05 Å². The Morgan fingerprint density at radius 1 is 1.16 bits per heavy atom. The summed E-state index contributed by atoms with van der Waals surface area (Å²) in [6.45, 7) is 13.9. The number of hydrogen-bond acceptors (Lipinski definition) is 4. The van der Waals surface area contributed by atoms with E-state index in [0.717, 1.165) is 70.4 Å². The van der Waals surface area contributed by atoms with E-state index >= 15 is 0 Å². The van der Waals surface area contributed by atoms with Crippen molar-refractivity contribution in [3.05, 3.63) is 29.8 Å². The molecule has 1 heterocycles. The lowest BCUT2D eigenvalue weighted by Crippen LogP contribution is -2.49. The molecular formula is C25H43N3O3. The van der Waals surface area contributed by atoms with Gasteiger partial charge >= 0.3 is 0 Å². The molecule has 0 bridgehead atoms. The van der Waals surface area contributed by atoms with Crippen molar-refractivity contribution < 1.29 is 14.2 Å². The third kappa shape index (κ3) is 8.69. The number of ether oxygens (including phenoxy) is 3. The van der Waals surface area contributed by atoms with E-state index in [1.54, 1.807) is 7.11 Å². The summed E-state index contributed by atoms with van der Waals surface area (Å²) in [7, 11) is 3.60. The largest absolute Gasteiger partial charge is 0.493 e. The van der Waals surface area contributed by atoms with Crippen molar-refractivity contribution in [3.8, 4) is 5.75 Å². The normalized spacial score (nSPS) is 16.1. The highest BCUT2D eigenvalue weighted by atomic mass is 16.5. The third-order valence-corrected chi connectivity index (χ3v) is 5.71. The van der Waals surface area contributed by atoms with Crippen LogP contribution in [0.4, 0.5) is 0 Å². The first-order chi connectivity index (χ1) is 14.9. The van der Waals surface area contributed by atoms with Gasteiger partial charge in [0, 0.05) is 52.4 Å². The van der Waals surface area contributed by atoms with Gasteiger partial charge in [-0.05, 0) is 42.9 Å². The number of methoxy groups -OCH3 is 1. The highest BCUT2D eigenvalue weighted by Gasteiger charge is 2.25. The first-order valence-electron chi connectivity index (χ1n) is 11.6. The van der Waals surface area contributed by atoms with Crippen LogP contribution in [0, 0.1) is 5.92 Å². The van der Waals surface area contributed by atoms with E-state index in [-0.39, 0.29) is 5.41 Å². The average Bonchev–Trinajstić information content (AvgIpc) is 2.77. The van der Waals surface area contributed by atoms with Crippen LogP contribution in [0.15, 0.2) is 29.3 Å². The molecule has 1 aliphatic heterocycles. The SMILES string of the molecule is CN=C(NCC(C)(C)c1ccc(OCC(C)C)cc1)N1CCC(OCCCOC)CC1. The number of guanidine groups is 1. The maximum absolute atomic E-state index is 5.98. The molecule has 1 aromatic carbocycles. The number of nitrogens with zero attached hydrogens (tertiary/aromatic N) is 2. The lowest BCUT2D eigenvalue weighted by Gasteiger charge is -2.35. The number of piperidine rings is 1. The van der Waals surface area contributed by atoms with Gasteiger partial charge in [0.1, 0.15) is 5.75 Å². The molecule has 0 unspecified atom stereocenters. The van der Waals surface area contributed by atoms with Crippen molar-refractivity contribution in [3.63, 3.8) is 0 Å². The number of nitrogens with one attached hydrogen (secondary N) is 1. The lowest BCUT2D eigenvalue weighted by atomic mass is 9.84. The fourth-order valence-corrected chi connectivity index (χ4v) is 3.69. The second kappa shape index (κ2) is 12.9. The standard InChI is InChI=1S/C25H43N3O3/c1-20(2)18-31-22-10-8-21(9-11-22)25(3,4)19-27-24(26-5)28-14-12-23(13-15-28)30-17-7-16-29-6/h8-11,20,23H,7,12-19H2,1-6H3,(H,26,27). The summed E-state index contributed by atoms with van der Waals surface area (Å²) in [4.78, 5) is 6.87. The average molecular weight is 434 g/mol. The van der Waals surface area contributed by atoms with E-state index in [1.165, 1.54) is 5.56 Å². The molecule has 0 amide bonds. The molecule has 2 rings (SSSR count). The summed E-state index contributed by atoms with van der Waals surface area (Å²) in [5, 5.41) is 3.59. The molecule has 6 nitrogen and oxygen atoms in total. The van der Waals surface area contributed by atoms with Crippen LogP contribution in [0.25, 0.3) is 0 Å². The van der Waals surface area contributed by atoms with Gasteiger partial charge in [-0.2, -0.15) is 0 Å². The Labute approximate surface area is 189 Å². The Kier molecular flexibility index (Phi) is 10.6. The number of rotatable bonds is 11. The minimum Gasteiger partial charge on any atom is -0.493 e. The zero-order chi connectivity index (χ0) is 22.7. The number of hydrogen-bond donors (Lipinski definition) is 1. The fourth-order valence-electron chi connectivity index (χ4n) is 3.69. The summed E-state index contributed by atoms with van der Waals surface area (Å²) >= 11 is 0. The van der Waals surface area contributed by atoms with Crippen LogP contribution in [-0.2, 0) is 14.9 Å². The molecule has 1 saturated heterocycles. The van der Waals surface area contributed by atoms with Crippen LogP contribution in [0.1, 0.15) is 52.5 Å². The summed E-state index contributed by atoms with van der Waals surface area (Å²) in [6, 6.07) is 8.50. The molecule has 176 valence electrons. The van der Waals surface area contributed by atoms with Gasteiger partial charge in [0.05, 0.1) is 12.7 Å². The van der Waals surface area contributed by atoms with E-state index in [0.29, 0.717) is 12.0 Å². The van der Waals surface area contributed by atoms with Gasteiger partial charge in [0.25, 0.3) is 0 Å². The molecule has 0 aliphatic carbocycles. The van der Waals surface area contributed by atoms with Crippen molar-refractivity contribution in [2.24, 2.45) is 10.9 Å². The first-order valence-corrected chi connectivity index (χ1v) is 11.6. The maximum Gasteiger partial charge on any atom is 0.193 e. The van der Waals surface area contributed by atoms with E-state index in [9.17, 15) is 0 Å². The van der Waals surface area contributed by atoms with Gasteiger partial charge in [-0.15, -0.1) is 0 Å². The topological polar surface area (TPSA) is 55.3 Å². The molecule has 6 heteroatoms. The fraction of sp³-hybridized carbons (Fsp3) is 0.720. The molecular weight excluding hydrogens is 390 g/mol. The zero-order valence-electron chi connectivity index (χ0n) is 20.4. The molecule has 0 saturated carbocycles. The van der Waals surface area contributed by atoms with Gasteiger partial charge < -0.3 is 24.4 Å². The molecule has 1 N–H and O–H groups in total. The second-order valence-corrected chi connectivity index (χ2v) is 9.42. The highest BCUT2D eigenvalue weighted by molar-refractivity contribution is 5.80. The van der Waals surface area contributed by atoms with Crippen molar-refractivity contribution in [2.75, 3.05) is 53.6 Å². The predicted octanol–water partition coefficient (Wildman–Crippen LogP) is 4.09. The monoisotopic (exact) mass is 433 g/mol. The van der Waals surface area contributed by atoms with Gasteiger partial charge in [-0.3, -0.25) is 4.99 Å². The second-order valence-electron chi connectivity index (χ2n) is 9.42. The Hall–Kier alpha value is -1.79.